The Kier molecular flexibility index (Phi) is 31.0. The molecule has 5 aliphatic heterocycles. The number of nitrogens with two attached hydrogens (primary N) is 1. The summed E-state index contributed by atoms with van der Waals surface area (Å²) in [6.07, 6.45) is 24.2. The second-order valence-corrected chi connectivity index (χ2v) is 40.8. The van der Waals surface area contributed by atoms with Crippen LogP contribution in [0.5, 0.6) is 0 Å². The molecule has 0 radical (unpaired) electrons. The minimum Gasteiger partial charge on any atom is -0.372 e. The number of rotatable bonds is 23. The molecule has 0 spiro atoms. The van der Waals surface area contributed by atoms with E-state index in [0.717, 1.165) is 147 Å². The van der Waals surface area contributed by atoms with Crippen molar-refractivity contribution >= 4 is 66.3 Å². The van der Waals surface area contributed by atoms with Gasteiger partial charge in [-0.15, -0.1) is 0 Å². The van der Waals surface area contributed by atoms with Crippen LogP contribution in [0.25, 0.3) is 65.0 Å². The van der Waals surface area contributed by atoms with Crippen molar-refractivity contribution in [2.75, 3.05) is 81.2 Å². The normalized spacial score (nSPS) is 15.8. The van der Waals surface area contributed by atoms with Crippen LogP contribution in [-0.2, 0) is 117 Å². The van der Waals surface area contributed by atoms with Crippen molar-refractivity contribution in [3.05, 3.63) is 336 Å². The molecule has 0 saturated carbocycles. The lowest BCUT2D eigenvalue weighted by molar-refractivity contribution is -0.124. The Bertz CT molecular complexity index is 6740. The van der Waals surface area contributed by atoms with Crippen molar-refractivity contribution in [2.24, 2.45) is 16.3 Å². The standard InChI is InChI=1S/C25H32N4O.C25H33N3O.C23H29N3O.C21H24N4O.C19H20N6/c1-17-6-7-22-19(14-17)21-15-28(5)13-10-23(21)29(22)16-20(18-8-11-26-12-9-18)24(30)27-25(2,3)4;1-18-6-7-22-20(14-18)21-15-27(5)13-10-23(21)28(22)16-24(29-17-25(2,3)4)19-8-11-26-12-9-19;1-4-13-27-23(18-7-10-24-11-8-18)16-26-21-6-5-17(2)14-19(21)20-15-25(3)12-9-22(20)26;1-14-3-4-19-16(11-14)18-12-24(2)10-7-20(18)25(19)13-17(21(22)26)15-5-8-23-9-6-15;1-24-11-8-19-16(12-24)15-4-2-3-5-18(15)25(19)13-17(22-23-20)14-6-9-21-10-7-14/h6-9,11-12,14,20H,10,13,15-16H2,1-5H3,(H,27,30);6-9,11-12,14,24H,10,13,15-17H2,1-5H3;5-8,10-11,14,23H,4,9,12-13,15-16H2,1-3H3;3-6,8-9,11,17H,7,10,12-13H2,1-2H3,(H2,22,26);2-7,9-10,17H,8,11-13H2,1H3. The third-order valence-corrected chi connectivity index (χ3v) is 27.6. The first-order valence-corrected chi connectivity index (χ1v) is 48.9. The molecule has 2 amide bonds. The second-order valence-electron chi connectivity index (χ2n) is 40.8. The van der Waals surface area contributed by atoms with Gasteiger partial charge in [-0.1, -0.05) is 97.5 Å². The topological polar surface area (TPSA) is 245 Å². The fourth-order valence-electron chi connectivity index (χ4n) is 20.7. The van der Waals surface area contributed by atoms with Gasteiger partial charge in [-0.2, -0.15) is 0 Å². The lowest BCUT2D eigenvalue weighted by atomic mass is 9.97. The van der Waals surface area contributed by atoms with E-state index >= 15 is 0 Å². The van der Waals surface area contributed by atoms with Gasteiger partial charge in [-0.25, -0.2) is 0 Å². The number of hydrogen-bond acceptors (Lipinski definition) is 15. The zero-order valence-electron chi connectivity index (χ0n) is 83.2. The molecule has 5 aliphatic rings. The molecule has 5 unspecified atom stereocenters. The molecule has 0 fully saturated rings. The van der Waals surface area contributed by atoms with Crippen LogP contribution in [0, 0.1) is 33.1 Å². The number of azide groups is 1. The molecule has 137 heavy (non-hydrogen) atoms. The van der Waals surface area contributed by atoms with E-state index in [4.69, 9.17) is 20.7 Å². The molecule has 15 heterocycles. The number of benzene rings is 5. The Hall–Kier alpha value is -12.5. The minimum absolute atomic E-state index is 0.0119. The van der Waals surface area contributed by atoms with Crippen LogP contribution < -0.4 is 11.1 Å². The summed E-state index contributed by atoms with van der Waals surface area (Å²) in [7, 11) is 10.9. The van der Waals surface area contributed by atoms with Gasteiger partial charge >= 0.3 is 0 Å². The molecule has 10 aromatic heterocycles. The first-order chi connectivity index (χ1) is 66.0. The van der Waals surface area contributed by atoms with Gasteiger partial charge in [0.15, 0.2) is 0 Å². The van der Waals surface area contributed by atoms with Crippen molar-refractivity contribution in [2.45, 2.75) is 216 Å². The van der Waals surface area contributed by atoms with Gasteiger partial charge < -0.3 is 67.9 Å². The lowest BCUT2D eigenvalue weighted by Crippen LogP contribution is -2.44. The van der Waals surface area contributed by atoms with Crippen LogP contribution in [0.1, 0.15) is 191 Å². The van der Waals surface area contributed by atoms with Crippen molar-refractivity contribution in [1.29, 1.82) is 0 Å². The first kappa shape index (κ1) is 97.6. The fourth-order valence-corrected chi connectivity index (χ4v) is 20.7. The molecule has 15 aromatic rings. The highest BCUT2D eigenvalue weighted by Gasteiger charge is 2.34. The SMILES string of the molecule is CCCOC(Cn1c2c(c3cc(C)ccc31)CN(C)CC2)c1ccncc1.CN1CCc2c(c3ccccc3n2CC(N=[N+]=[N-])c2ccncc2)C1.Cc1ccc2c(c1)c1c(n2CC(C(=O)NC(C)(C)C)c2ccncc2)CCN(C)C1.Cc1ccc2c(c1)c1c(n2CC(C(N)=O)c2ccncc2)CCN(C)C1.Cc1ccc2c(c1)c1c(n2CC(OCC(C)(C)C)c2ccncc2)CCN(C)C1. The Balaban J connectivity index is 0.000000124. The lowest BCUT2D eigenvalue weighted by Gasteiger charge is -2.28. The van der Waals surface area contributed by atoms with Crippen molar-refractivity contribution in [3.63, 3.8) is 0 Å². The number of amides is 2. The number of likely N-dealkylation sites (N-methyl/N-ethyl adjacent to an activating group) is 5. The summed E-state index contributed by atoms with van der Waals surface area (Å²) in [5.41, 5.74) is 45.6. The predicted molar refractivity (Wildman–Crippen MR) is 552 cm³/mol. The molecule has 24 heteroatoms. The fraction of sp³-hybridized carbons (Fsp3) is 0.407. The van der Waals surface area contributed by atoms with Crippen molar-refractivity contribution < 1.29 is 19.1 Å². The zero-order valence-corrected chi connectivity index (χ0v) is 83.2. The van der Waals surface area contributed by atoms with Gasteiger partial charge in [0, 0.05) is 279 Å². The molecule has 0 aliphatic carbocycles. The number of fused-ring (bicyclic) bond motifs is 15. The molecular formula is C113H138N20O4. The number of ether oxygens (including phenoxy) is 2. The summed E-state index contributed by atoms with van der Waals surface area (Å²) < 4.78 is 24.8. The van der Waals surface area contributed by atoms with Crippen molar-refractivity contribution in [1.82, 2.24) is 77.6 Å². The van der Waals surface area contributed by atoms with E-state index in [-0.39, 0.29) is 52.9 Å². The number of carbonyl (C=O) groups is 2. The number of nitrogens with one attached hydrogen (secondary N) is 1. The molecule has 3 N–H and O–H groups in total. The van der Waals surface area contributed by atoms with Crippen molar-refractivity contribution in [3.8, 4) is 0 Å². The Morgan fingerprint density at radius 3 is 1.05 bits per heavy atom. The molecule has 20 rings (SSSR count). The van der Waals surface area contributed by atoms with Gasteiger partial charge in [0.05, 0.1) is 37.6 Å². The highest BCUT2D eigenvalue weighted by molar-refractivity contribution is 5.91. The van der Waals surface area contributed by atoms with Crippen LogP contribution in [0.4, 0.5) is 0 Å². The highest BCUT2D eigenvalue weighted by Crippen LogP contribution is 2.41. The van der Waals surface area contributed by atoms with E-state index in [9.17, 15) is 9.59 Å². The molecule has 0 saturated heterocycles. The summed E-state index contributed by atoms with van der Waals surface area (Å²) in [5, 5.41) is 14.0. The van der Waals surface area contributed by atoms with Crippen LogP contribution in [0.3, 0.4) is 0 Å². The molecule has 24 nitrogen and oxygen atoms in total. The van der Waals surface area contributed by atoms with Gasteiger partial charge in [-0.3, -0.25) is 34.5 Å². The monoisotopic (exact) mass is 1840 g/mol. The maximum absolute atomic E-state index is 13.3. The summed E-state index contributed by atoms with van der Waals surface area (Å²) in [5.74, 6) is -0.872. The van der Waals surface area contributed by atoms with E-state index < -0.39 is 0 Å². The minimum atomic E-state index is -0.362. The maximum atomic E-state index is 13.3. The maximum Gasteiger partial charge on any atom is 0.229 e. The molecule has 5 atom stereocenters. The molecule has 0 bridgehead atoms. The Morgan fingerprint density at radius 2 is 0.708 bits per heavy atom. The Morgan fingerprint density at radius 1 is 0.401 bits per heavy atom. The number of nitrogens with zero attached hydrogens (tertiary/aromatic N) is 18. The molecule has 5 aromatic carbocycles. The third-order valence-electron chi connectivity index (χ3n) is 27.6. The summed E-state index contributed by atoms with van der Waals surface area (Å²) in [4.78, 5) is 61.2. The molecular weight excluding hydrogens is 1700 g/mol. The smallest absolute Gasteiger partial charge is 0.229 e. The van der Waals surface area contributed by atoms with E-state index in [1.54, 1.807) is 37.2 Å². The average molecular weight is 1840 g/mol. The third kappa shape index (κ3) is 23.0. The van der Waals surface area contributed by atoms with Crippen LogP contribution in [0.15, 0.2) is 225 Å². The highest BCUT2D eigenvalue weighted by atomic mass is 16.5. The predicted octanol–water partition coefficient (Wildman–Crippen LogP) is 20.3. The summed E-state index contributed by atoms with van der Waals surface area (Å²) in [6.45, 7) is 38.8. The van der Waals surface area contributed by atoms with Gasteiger partial charge in [0.25, 0.3) is 0 Å². The van der Waals surface area contributed by atoms with Crippen LogP contribution in [0.2, 0.25) is 0 Å². The van der Waals surface area contributed by atoms with E-state index in [0.29, 0.717) is 19.6 Å². The van der Waals surface area contributed by atoms with Crippen LogP contribution >= 0.6 is 0 Å². The largest absolute Gasteiger partial charge is 0.372 e. The quantitative estimate of drug-likeness (QED) is 0.0344. The van der Waals surface area contributed by atoms with E-state index in [1.165, 1.54) is 144 Å². The second kappa shape index (κ2) is 43.5. The zero-order chi connectivity index (χ0) is 96.3. The summed E-state index contributed by atoms with van der Waals surface area (Å²) in [6, 6.07) is 55.1. The Labute approximate surface area is 807 Å². The van der Waals surface area contributed by atoms with Gasteiger partial charge in [0.1, 0.15) is 12.2 Å². The molecule has 714 valence electrons. The van der Waals surface area contributed by atoms with Gasteiger partial charge in [0.2, 0.25) is 11.8 Å². The number of hydrogen-bond donors (Lipinski definition) is 2. The van der Waals surface area contributed by atoms with Crippen LogP contribution in [-0.4, -0.2) is 171 Å². The van der Waals surface area contributed by atoms with E-state index in [1.807, 2.05) is 82.0 Å². The summed E-state index contributed by atoms with van der Waals surface area (Å²) >= 11 is 0. The van der Waals surface area contributed by atoms with E-state index in [2.05, 4.69) is 300 Å². The number of carbonyl (C=O) groups excluding carboxylic acids is 2. The first-order valence-electron chi connectivity index (χ1n) is 48.9. The van der Waals surface area contributed by atoms with Gasteiger partial charge in [-0.05, 0) is 272 Å². The average Bonchev–Trinajstić information content (AvgIpc) is 1.56. The number of pyridine rings is 5. The number of para-hydroxylation sites is 1. The number of aryl methyl sites for hydroxylation is 4. The number of primary amides is 1. The number of aromatic nitrogens is 10.